The summed E-state index contributed by atoms with van der Waals surface area (Å²) >= 11 is 0. The van der Waals surface area contributed by atoms with Crippen molar-refractivity contribution in [3.05, 3.63) is 47.5 Å². The van der Waals surface area contributed by atoms with Crippen molar-refractivity contribution in [1.29, 1.82) is 0 Å². The van der Waals surface area contributed by atoms with Crippen LogP contribution < -0.4 is 5.32 Å². The third kappa shape index (κ3) is 5.60. The van der Waals surface area contributed by atoms with E-state index in [1.54, 1.807) is 6.92 Å². The highest BCUT2D eigenvalue weighted by Gasteiger charge is 2.23. The predicted molar refractivity (Wildman–Crippen MR) is 121 cm³/mol. The maximum atomic E-state index is 12.8. The van der Waals surface area contributed by atoms with Crippen molar-refractivity contribution in [2.45, 2.75) is 67.3 Å². The van der Waals surface area contributed by atoms with Crippen molar-refractivity contribution in [3.63, 3.8) is 0 Å². The Morgan fingerprint density at radius 3 is 2.52 bits per heavy atom. The summed E-state index contributed by atoms with van der Waals surface area (Å²) in [5.74, 6) is 1.37. The highest BCUT2D eigenvalue weighted by atomic mass is 16.4. The summed E-state index contributed by atoms with van der Waals surface area (Å²) in [6.07, 6.45) is 1.88. The third-order valence-corrected chi connectivity index (χ3v) is 5.51. The van der Waals surface area contributed by atoms with Gasteiger partial charge in [-0.05, 0) is 55.4 Å². The molecule has 7 heteroatoms. The molecule has 0 saturated carbocycles. The van der Waals surface area contributed by atoms with Crippen molar-refractivity contribution in [2.75, 3.05) is 0 Å². The average Bonchev–Trinajstić information content (AvgIpc) is 3.31. The van der Waals surface area contributed by atoms with Crippen LogP contribution in [0, 0.1) is 18.3 Å². The SMILES string of the molecule is Cc1nnc(-c2cc(CCC(C)C)n(-c3cccc(C(=O)N[C@H](C)C(C)(C)C)c3)n2)o1. The van der Waals surface area contributed by atoms with E-state index in [1.807, 2.05) is 41.9 Å². The zero-order valence-electron chi connectivity index (χ0n) is 19.6. The van der Waals surface area contributed by atoms with E-state index >= 15 is 0 Å². The number of carbonyl (C=O) groups is 1. The number of aryl methyl sites for hydroxylation is 2. The van der Waals surface area contributed by atoms with Gasteiger partial charge in [-0.15, -0.1) is 10.2 Å². The first-order chi connectivity index (χ1) is 14.5. The third-order valence-electron chi connectivity index (χ3n) is 5.51. The zero-order valence-corrected chi connectivity index (χ0v) is 19.6. The molecule has 0 fully saturated rings. The maximum absolute atomic E-state index is 12.8. The topological polar surface area (TPSA) is 85.8 Å². The Hall–Kier alpha value is -2.96. The lowest BCUT2D eigenvalue weighted by atomic mass is 9.88. The van der Waals surface area contributed by atoms with Crippen LogP contribution in [0.3, 0.4) is 0 Å². The first-order valence-electron chi connectivity index (χ1n) is 10.9. The van der Waals surface area contributed by atoms with Gasteiger partial charge in [0.15, 0.2) is 0 Å². The van der Waals surface area contributed by atoms with Crippen LogP contribution in [0.4, 0.5) is 0 Å². The molecule has 1 N–H and O–H groups in total. The van der Waals surface area contributed by atoms with E-state index in [2.05, 4.69) is 50.1 Å². The molecule has 2 heterocycles. The summed E-state index contributed by atoms with van der Waals surface area (Å²) in [7, 11) is 0. The van der Waals surface area contributed by atoms with Crippen molar-refractivity contribution in [2.24, 2.45) is 11.3 Å². The van der Waals surface area contributed by atoms with Gasteiger partial charge in [-0.2, -0.15) is 5.10 Å². The molecule has 7 nitrogen and oxygen atoms in total. The Morgan fingerprint density at radius 2 is 1.90 bits per heavy atom. The fraction of sp³-hybridized carbons (Fsp3) is 0.500. The minimum atomic E-state index is -0.0899. The van der Waals surface area contributed by atoms with E-state index in [4.69, 9.17) is 9.52 Å². The Bertz CT molecular complexity index is 1040. The van der Waals surface area contributed by atoms with Crippen LogP contribution in [0.2, 0.25) is 0 Å². The summed E-state index contributed by atoms with van der Waals surface area (Å²) in [6.45, 7) is 14.5. The Kier molecular flexibility index (Phi) is 6.62. The molecule has 1 atom stereocenters. The first kappa shape index (κ1) is 22.7. The largest absolute Gasteiger partial charge is 0.420 e. The number of amides is 1. The van der Waals surface area contributed by atoms with Crippen LogP contribution in [0.15, 0.2) is 34.7 Å². The van der Waals surface area contributed by atoms with Crippen LogP contribution in [0.5, 0.6) is 0 Å². The fourth-order valence-electron chi connectivity index (χ4n) is 3.04. The number of nitrogens with zero attached hydrogens (tertiary/aromatic N) is 4. The van der Waals surface area contributed by atoms with Crippen molar-refractivity contribution in [1.82, 2.24) is 25.3 Å². The van der Waals surface area contributed by atoms with Crippen molar-refractivity contribution in [3.8, 4) is 17.3 Å². The average molecular weight is 424 g/mol. The Balaban J connectivity index is 1.94. The van der Waals surface area contributed by atoms with Gasteiger partial charge in [0.2, 0.25) is 5.89 Å². The van der Waals surface area contributed by atoms with Crippen LogP contribution >= 0.6 is 0 Å². The van der Waals surface area contributed by atoms with E-state index in [-0.39, 0.29) is 17.4 Å². The number of carbonyl (C=O) groups excluding carboxylic acids is 1. The van der Waals surface area contributed by atoms with Gasteiger partial charge < -0.3 is 9.73 Å². The molecular weight excluding hydrogens is 390 g/mol. The van der Waals surface area contributed by atoms with E-state index in [0.717, 1.165) is 24.2 Å². The van der Waals surface area contributed by atoms with Crippen LogP contribution in [-0.4, -0.2) is 31.9 Å². The Morgan fingerprint density at radius 1 is 1.16 bits per heavy atom. The monoisotopic (exact) mass is 423 g/mol. The normalized spacial score (nSPS) is 12.9. The molecule has 0 bridgehead atoms. The van der Waals surface area contributed by atoms with Crippen LogP contribution in [-0.2, 0) is 6.42 Å². The lowest BCUT2D eigenvalue weighted by Crippen LogP contribution is -2.41. The molecule has 0 saturated heterocycles. The Labute approximate surface area is 184 Å². The first-order valence-corrected chi connectivity index (χ1v) is 10.9. The van der Waals surface area contributed by atoms with Gasteiger partial charge in [-0.3, -0.25) is 4.79 Å². The van der Waals surface area contributed by atoms with Crippen LogP contribution in [0.1, 0.15) is 69.9 Å². The van der Waals surface area contributed by atoms with Gasteiger partial charge in [0.05, 0.1) is 5.69 Å². The second kappa shape index (κ2) is 9.04. The highest BCUT2D eigenvalue weighted by molar-refractivity contribution is 5.95. The zero-order chi connectivity index (χ0) is 22.8. The van der Waals surface area contributed by atoms with Gasteiger partial charge in [-0.1, -0.05) is 40.7 Å². The molecule has 3 aromatic rings. The molecule has 1 aromatic carbocycles. The molecule has 0 radical (unpaired) electrons. The van der Waals surface area contributed by atoms with Gasteiger partial charge in [-0.25, -0.2) is 4.68 Å². The number of rotatable bonds is 7. The number of aromatic nitrogens is 4. The van der Waals surface area contributed by atoms with E-state index in [1.165, 1.54) is 0 Å². The fourth-order valence-corrected chi connectivity index (χ4v) is 3.04. The molecule has 0 unspecified atom stereocenters. The second-order valence-electron chi connectivity index (χ2n) is 9.60. The van der Waals surface area contributed by atoms with Gasteiger partial charge in [0, 0.05) is 24.2 Å². The minimum absolute atomic E-state index is 0.0175. The quantitative estimate of drug-likeness (QED) is 0.579. The van der Waals surface area contributed by atoms with E-state index < -0.39 is 0 Å². The standard InChI is InChI=1S/C24H33N5O2/c1-15(2)11-12-20-14-21(23-27-26-17(4)31-23)28-29(20)19-10-8-9-18(13-19)22(30)25-16(3)24(5,6)7/h8-10,13-16H,11-12H2,1-7H3,(H,25,30)/t16-/m1/s1. The number of hydrogen-bond acceptors (Lipinski definition) is 5. The smallest absolute Gasteiger partial charge is 0.268 e. The van der Waals surface area contributed by atoms with E-state index in [0.29, 0.717) is 29.0 Å². The molecule has 0 aliphatic carbocycles. The number of benzene rings is 1. The number of hydrogen-bond donors (Lipinski definition) is 1. The van der Waals surface area contributed by atoms with Crippen LogP contribution in [0.25, 0.3) is 17.3 Å². The molecule has 3 rings (SSSR count). The molecule has 2 aromatic heterocycles. The minimum Gasteiger partial charge on any atom is -0.420 e. The highest BCUT2D eigenvalue weighted by Crippen LogP contribution is 2.24. The predicted octanol–water partition coefficient (Wildman–Crippen LogP) is 4.98. The van der Waals surface area contributed by atoms with Crippen molar-refractivity contribution >= 4 is 5.91 Å². The van der Waals surface area contributed by atoms with Crippen molar-refractivity contribution < 1.29 is 9.21 Å². The molecule has 0 aliphatic heterocycles. The summed E-state index contributed by atoms with van der Waals surface area (Å²) in [4.78, 5) is 12.8. The summed E-state index contributed by atoms with van der Waals surface area (Å²) in [5, 5.41) is 15.9. The van der Waals surface area contributed by atoms with Gasteiger partial charge in [0.1, 0.15) is 5.69 Å². The number of nitrogens with one attached hydrogen (secondary N) is 1. The lowest BCUT2D eigenvalue weighted by Gasteiger charge is -2.28. The molecule has 1 amide bonds. The summed E-state index contributed by atoms with van der Waals surface area (Å²) < 4.78 is 7.45. The molecule has 0 aliphatic rings. The summed E-state index contributed by atoms with van der Waals surface area (Å²) in [5.41, 5.74) is 3.10. The van der Waals surface area contributed by atoms with E-state index in [9.17, 15) is 4.79 Å². The second-order valence-corrected chi connectivity index (χ2v) is 9.60. The molecular formula is C24H33N5O2. The molecule has 166 valence electrons. The maximum Gasteiger partial charge on any atom is 0.268 e. The lowest BCUT2D eigenvalue weighted by molar-refractivity contribution is 0.0910. The van der Waals surface area contributed by atoms with Gasteiger partial charge in [0.25, 0.3) is 11.8 Å². The summed E-state index contributed by atoms with van der Waals surface area (Å²) in [6, 6.07) is 9.58. The molecule has 0 spiro atoms. The van der Waals surface area contributed by atoms with Gasteiger partial charge >= 0.3 is 0 Å². The molecule has 31 heavy (non-hydrogen) atoms.